The Kier molecular flexibility index (Phi) is 5.00. The predicted octanol–water partition coefficient (Wildman–Crippen LogP) is 2.44. The molecule has 0 unspecified atom stereocenters. The van der Waals surface area contributed by atoms with Crippen molar-refractivity contribution in [3.63, 3.8) is 0 Å². The first-order valence-corrected chi connectivity index (χ1v) is 7.48. The summed E-state index contributed by atoms with van der Waals surface area (Å²) in [4.78, 5) is 6.93. The molecule has 4 heteroatoms. The van der Waals surface area contributed by atoms with Gasteiger partial charge in [-0.25, -0.2) is 4.98 Å². The first-order chi connectivity index (χ1) is 9.42. The SMILES string of the molecule is CN1CCC(Oc2cccc(CNC(C)(C)C)n2)CC1. The molecule has 1 fully saturated rings. The number of rotatable bonds is 4. The van der Waals surface area contributed by atoms with Gasteiger partial charge in [0, 0.05) is 31.2 Å². The molecule has 0 radical (unpaired) electrons. The van der Waals surface area contributed by atoms with Crippen molar-refractivity contribution in [2.75, 3.05) is 20.1 Å². The molecule has 112 valence electrons. The van der Waals surface area contributed by atoms with Gasteiger partial charge in [-0.3, -0.25) is 0 Å². The lowest BCUT2D eigenvalue weighted by molar-refractivity contribution is 0.109. The zero-order chi connectivity index (χ0) is 14.6. The van der Waals surface area contributed by atoms with Gasteiger partial charge in [-0.1, -0.05) is 6.07 Å². The third-order valence-electron chi connectivity index (χ3n) is 3.53. The Morgan fingerprint density at radius 2 is 2.00 bits per heavy atom. The molecule has 1 saturated heterocycles. The number of piperidine rings is 1. The largest absolute Gasteiger partial charge is 0.474 e. The lowest BCUT2D eigenvalue weighted by Gasteiger charge is -2.29. The van der Waals surface area contributed by atoms with Crippen LogP contribution in [0.25, 0.3) is 0 Å². The van der Waals surface area contributed by atoms with E-state index < -0.39 is 0 Å². The highest BCUT2D eigenvalue weighted by Crippen LogP contribution is 2.17. The average Bonchev–Trinajstić information content (AvgIpc) is 2.39. The number of nitrogens with zero attached hydrogens (tertiary/aromatic N) is 2. The van der Waals surface area contributed by atoms with Crippen LogP contribution < -0.4 is 10.1 Å². The average molecular weight is 277 g/mol. The first-order valence-electron chi connectivity index (χ1n) is 7.48. The van der Waals surface area contributed by atoms with Crippen molar-refractivity contribution < 1.29 is 4.74 Å². The van der Waals surface area contributed by atoms with Crippen LogP contribution in [-0.2, 0) is 6.54 Å². The Balaban J connectivity index is 1.89. The number of hydrogen-bond acceptors (Lipinski definition) is 4. The molecule has 2 heterocycles. The summed E-state index contributed by atoms with van der Waals surface area (Å²) in [6.07, 6.45) is 2.48. The minimum absolute atomic E-state index is 0.104. The van der Waals surface area contributed by atoms with Crippen LogP contribution in [0.4, 0.5) is 0 Å². The number of aromatic nitrogens is 1. The molecule has 0 saturated carbocycles. The summed E-state index contributed by atoms with van der Waals surface area (Å²) in [6, 6.07) is 6.02. The number of pyridine rings is 1. The molecule has 1 aromatic rings. The fraction of sp³-hybridized carbons (Fsp3) is 0.688. The fourth-order valence-electron chi connectivity index (χ4n) is 2.25. The summed E-state index contributed by atoms with van der Waals surface area (Å²) in [7, 11) is 2.16. The van der Waals surface area contributed by atoms with Gasteiger partial charge in [-0.05, 0) is 46.7 Å². The van der Waals surface area contributed by atoms with Crippen LogP contribution in [-0.4, -0.2) is 41.7 Å². The van der Waals surface area contributed by atoms with E-state index in [9.17, 15) is 0 Å². The van der Waals surface area contributed by atoms with E-state index >= 15 is 0 Å². The van der Waals surface area contributed by atoms with E-state index in [4.69, 9.17) is 4.74 Å². The third-order valence-corrected chi connectivity index (χ3v) is 3.53. The number of hydrogen-bond donors (Lipinski definition) is 1. The van der Waals surface area contributed by atoms with Crippen molar-refractivity contribution in [1.82, 2.24) is 15.2 Å². The molecule has 0 bridgehead atoms. The number of nitrogens with one attached hydrogen (secondary N) is 1. The zero-order valence-electron chi connectivity index (χ0n) is 13.1. The lowest BCUT2D eigenvalue weighted by atomic mass is 10.1. The van der Waals surface area contributed by atoms with Gasteiger partial charge in [0.25, 0.3) is 0 Å². The van der Waals surface area contributed by atoms with Crippen molar-refractivity contribution in [1.29, 1.82) is 0 Å². The van der Waals surface area contributed by atoms with Crippen molar-refractivity contribution >= 4 is 0 Å². The molecule has 1 aliphatic heterocycles. The summed E-state index contributed by atoms with van der Waals surface area (Å²) in [5, 5.41) is 3.45. The van der Waals surface area contributed by atoms with Crippen molar-refractivity contribution in [3.8, 4) is 5.88 Å². The standard InChI is InChI=1S/C16H27N3O/c1-16(2,3)17-12-13-6-5-7-15(18-13)20-14-8-10-19(4)11-9-14/h5-7,14,17H,8-12H2,1-4H3. The summed E-state index contributed by atoms with van der Waals surface area (Å²) >= 11 is 0. The monoisotopic (exact) mass is 277 g/mol. The Labute approximate surface area is 122 Å². The predicted molar refractivity (Wildman–Crippen MR) is 82.0 cm³/mol. The molecule has 0 aliphatic carbocycles. The first kappa shape index (κ1) is 15.3. The topological polar surface area (TPSA) is 37.4 Å². The summed E-state index contributed by atoms with van der Waals surface area (Å²) < 4.78 is 6.01. The molecular weight excluding hydrogens is 250 g/mol. The highest BCUT2D eigenvalue weighted by Gasteiger charge is 2.18. The quantitative estimate of drug-likeness (QED) is 0.917. The Morgan fingerprint density at radius 3 is 2.65 bits per heavy atom. The Hall–Kier alpha value is -1.13. The van der Waals surface area contributed by atoms with Crippen LogP contribution in [0, 0.1) is 0 Å². The van der Waals surface area contributed by atoms with Gasteiger partial charge in [0.2, 0.25) is 5.88 Å². The van der Waals surface area contributed by atoms with Gasteiger partial charge in [0.1, 0.15) is 6.10 Å². The minimum atomic E-state index is 0.104. The van der Waals surface area contributed by atoms with E-state index in [1.54, 1.807) is 0 Å². The molecular formula is C16H27N3O. The maximum Gasteiger partial charge on any atom is 0.213 e. The minimum Gasteiger partial charge on any atom is -0.474 e. The molecule has 1 N–H and O–H groups in total. The molecule has 20 heavy (non-hydrogen) atoms. The van der Waals surface area contributed by atoms with Crippen LogP contribution in [0.2, 0.25) is 0 Å². The molecule has 0 aromatic carbocycles. The van der Waals surface area contributed by atoms with Crippen molar-refractivity contribution in [3.05, 3.63) is 23.9 Å². The second-order valence-electron chi connectivity index (χ2n) is 6.69. The number of ether oxygens (including phenoxy) is 1. The van der Waals surface area contributed by atoms with Gasteiger partial charge in [-0.2, -0.15) is 0 Å². The summed E-state index contributed by atoms with van der Waals surface area (Å²) in [5.41, 5.74) is 1.14. The van der Waals surface area contributed by atoms with Gasteiger partial charge >= 0.3 is 0 Å². The summed E-state index contributed by atoms with van der Waals surface area (Å²) in [5.74, 6) is 0.757. The molecule has 0 spiro atoms. The summed E-state index contributed by atoms with van der Waals surface area (Å²) in [6.45, 7) is 9.46. The lowest BCUT2D eigenvalue weighted by Crippen LogP contribution is -2.36. The highest BCUT2D eigenvalue weighted by atomic mass is 16.5. The van der Waals surface area contributed by atoms with Crippen LogP contribution >= 0.6 is 0 Å². The van der Waals surface area contributed by atoms with E-state index in [0.717, 1.165) is 44.0 Å². The molecule has 4 nitrogen and oxygen atoms in total. The van der Waals surface area contributed by atoms with E-state index in [2.05, 4.69) is 43.0 Å². The van der Waals surface area contributed by atoms with Gasteiger partial charge in [0.05, 0.1) is 5.69 Å². The van der Waals surface area contributed by atoms with Crippen LogP contribution in [0.5, 0.6) is 5.88 Å². The normalized spacial score (nSPS) is 18.2. The van der Waals surface area contributed by atoms with Crippen molar-refractivity contribution in [2.45, 2.75) is 51.8 Å². The number of likely N-dealkylation sites (tertiary alicyclic amines) is 1. The van der Waals surface area contributed by atoms with E-state index in [1.165, 1.54) is 0 Å². The molecule has 1 aliphatic rings. The Bertz CT molecular complexity index is 420. The smallest absolute Gasteiger partial charge is 0.213 e. The van der Waals surface area contributed by atoms with E-state index in [-0.39, 0.29) is 5.54 Å². The van der Waals surface area contributed by atoms with Crippen LogP contribution in [0.1, 0.15) is 39.3 Å². The van der Waals surface area contributed by atoms with Crippen LogP contribution in [0.3, 0.4) is 0 Å². The highest BCUT2D eigenvalue weighted by molar-refractivity contribution is 5.16. The van der Waals surface area contributed by atoms with Gasteiger partial charge in [0.15, 0.2) is 0 Å². The van der Waals surface area contributed by atoms with E-state index in [0.29, 0.717) is 6.10 Å². The maximum absolute atomic E-state index is 6.01. The van der Waals surface area contributed by atoms with Crippen LogP contribution in [0.15, 0.2) is 18.2 Å². The van der Waals surface area contributed by atoms with Gasteiger partial charge in [-0.15, -0.1) is 0 Å². The molecule has 0 amide bonds. The second kappa shape index (κ2) is 6.55. The third kappa shape index (κ3) is 5.10. The second-order valence-corrected chi connectivity index (χ2v) is 6.69. The molecule has 1 aromatic heterocycles. The van der Waals surface area contributed by atoms with E-state index in [1.807, 2.05) is 18.2 Å². The van der Waals surface area contributed by atoms with Gasteiger partial charge < -0.3 is 15.0 Å². The fourth-order valence-corrected chi connectivity index (χ4v) is 2.25. The maximum atomic E-state index is 6.01. The zero-order valence-corrected chi connectivity index (χ0v) is 13.1. The van der Waals surface area contributed by atoms with Crippen molar-refractivity contribution in [2.24, 2.45) is 0 Å². The molecule has 0 atom stereocenters. The molecule has 2 rings (SSSR count). The Morgan fingerprint density at radius 1 is 1.30 bits per heavy atom.